The van der Waals surface area contributed by atoms with Crippen LogP contribution in [-0.4, -0.2) is 16.0 Å². The van der Waals surface area contributed by atoms with Crippen molar-refractivity contribution in [2.24, 2.45) is 11.7 Å². The van der Waals surface area contributed by atoms with Gasteiger partial charge < -0.3 is 15.6 Å². The van der Waals surface area contributed by atoms with Crippen molar-refractivity contribution in [2.75, 3.05) is 0 Å². The lowest BCUT2D eigenvalue weighted by Gasteiger charge is -2.18. The van der Waals surface area contributed by atoms with Gasteiger partial charge in [-0.15, -0.1) is 12.4 Å². The third kappa shape index (κ3) is 5.10. The van der Waals surface area contributed by atoms with Gasteiger partial charge >= 0.3 is 0 Å². The summed E-state index contributed by atoms with van der Waals surface area (Å²) < 4.78 is 5.43. The first-order valence-corrected chi connectivity index (χ1v) is 9.05. The molecule has 3 aromatic rings. The summed E-state index contributed by atoms with van der Waals surface area (Å²) in [6, 6.07) is 13.9. The Kier molecular flexibility index (Phi) is 7.57. The van der Waals surface area contributed by atoms with Gasteiger partial charge in [-0.1, -0.05) is 54.9 Å². The molecule has 6 nitrogen and oxygen atoms in total. The number of aromatic nitrogens is 2. The summed E-state index contributed by atoms with van der Waals surface area (Å²) in [5.74, 6) is 0.678. The molecule has 148 valence electrons. The molecule has 28 heavy (non-hydrogen) atoms. The summed E-state index contributed by atoms with van der Waals surface area (Å²) in [5.41, 5.74) is 7.99. The maximum Gasteiger partial charge on any atom is 0.251 e. The molecule has 8 heteroatoms. The second-order valence-electron chi connectivity index (χ2n) is 6.56. The van der Waals surface area contributed by atoms with E-state index >= 15 is 0 Å². The number of benzene rings is 2. The molecule has 0 spiro atoms. The van der Waals surface area contributed by atoms with Gasteiger partial charge in [-0.05, 0) is 35.7 Å². The van der Waals surface area contributed by atoms with Gasteiger partial charge in [0.25, 0.3) is 5.91 Å². The fourth-order valence-corrected chi connectivity index (χ4v) is 2.73. The lowest BCUT2D eigenvalue weighted by molar-refractivity contribution is 0.0914. The zero-order valence-electron chi connectivity index (χ0n) is 15.6. The molecule has 0 fully saturated rings. The van der Waals surface area contributed by atoms with Crippen LogP contribution < -0.4 is 11.1 Å². The SMILES string of the molecule is CC(C)C(NC(=O)c1ccc(Cl)cc1)c1nc(-c2ccc(CN)cc2)no1.Cl. The second-order valence-corrected chi connectivity index (χ2v) is 7.00. The van der Waals surface area contributed by atoms with Gasteiger partial charge in [-0.2, -0.15) is 4.98 Å². The topological polar surface area (TPSA) is 94.0 Å². The van der Waals surface area contributed by atoms with E-state index in [0.717, 1.165) is 11.1 Å². The first-order valence-electron chi connectivity index (χ1n) is 8.67. The molecule has 0 aliphatic heterocycles. The Hall–Kier alpha value is -2.41. The highest BCUT2D eigenvalue weighted by atomic mass is 35.5. The second kappa shape index (κ2) is 9.68. The first-order chi connectivity index (χ1) is 13.0. The standard InChI is InChI=1S/C20H21ClN4O2.ClH/c1-12(2)17(23-19(26)15-7-9-16(21)10-8-15)20-24-18(25-27-20)14-5-3-13(11-22)4-6-14;/h3-10,12,17H,11,22H2,1-2H3,(H,23,26);1H. The summed E-state index contributed by atoms with van der Waals surface area (Å²) >= 11 is 5.88. The third-order valence-electron chi connectivity index (χ3n) is 4.22. The molecule has 3 rings (SSSR count). The van der Waals surface area contributed by atoms with Crippen LogP contribution in [0.25, 0.3) is 11.4 Å². The van der Waals surface area contributed by atoms with Crippen molar-refractivity contribution in [3.63, 3.8) is 0 Å². The number of hydrogen-bond donors (Lipinski definition) is 2. The molecule has 1 amide bonds. The number of nitrogens with one attached hydrogen (secondary N) is 1. The molecule has 1 aromatic heterocycles. The average Bonchev–Trinajstić information content (AvgIpc) is 3.16. The molecule has 1 atom stereocenters. The van der Waals surface area contributed by atoms with E-state index in [-0.39, 0.29) is 24.2 Å². The fourth-order valence-electron chi connectivity index (χ4n) is 2.61. The zero-order chi connectivity index (χ0) is 19.4. The van der Waals surface area contributed by atoms with Crippen LogP contribution in [0.15, 0.2) is 53.1 Å². The predicted octanol–water partition coefficient (Wildman–Crippen LogP) is 4.40. The summed E-state index contributed by atoms with van der Waals surface area (Å²) in [7, 11) is 0. The molecular formula is C20H22Cl2N4O2. The Morgan fingerprint density at radius 3 is 2.36 bits per heavy atom. The summed E-state index contributed by atoms with van der Waals surface area (Å²) in [5, 5.41) is 7.59. The number of rotatable bonds is 6. The van der Waals surface area contributed by atoms with Gasteiger partial charge in [0, 0.05) is 22.7 Å². The smallest absolute Gasteiger partial charge is 0.251 e. The van der Waals surface area contributed by atoms with Crippen LogP contribution in [0.5, 0.6) is 0 Å². The van der Waals surface area contributed by atoms with Gasteiger partial charge in [0.15, 0.2) is 0 Å². The maximum absolute atomic E-state index is 12.5. The van der Waals surface area contributed by atoms with Crippen LogP contribution in [0, 0.1) is 5.92 Å². The number of carbonyl (C=O) groups is 1. The number of hydrogen-bond acceptors (Lipinski definition) is 5. The van der Waals surface area contributed by atoms with Crippen molar-refractivity contribution < 1.29 is 9.32 Å². The summed E-state index contributed by atoms with van der Waals surface area (Å²) in [6.07, 6.45) is 0. The summed E-state index contributed by atoms with van der Waals surface area (Å²) in [4.78, 5) is 17.0. The number of nitrogens with two attached hydrogens (primary N) is 1. The third-order valence-corrected chi connectivity index (χ3v) is 4.47. The minimum absolute atomic E-state index is 0. The van der Waals surface area contributed by atoms with Crippen molar-refractivity contribution in [2.45, 2.75) is 26.4 Å². The molecule has 0 bridgehead atoms. The van der Waals surface area contributed by atoms with E-state index in [9.17, 15) is 4.79 Å². The molecule has 0 saturated carbocycles. The molecular weight excluding hydrogens is 399 g/mol. The quantitative estimate of drug-likeness (QED) is 0.616. The van der Waals surface area contributed by atoms with E-state index in [2.05, 4.69) is 15.5 Å². The van der Waals surface area contributed by atoms with Crippen LogP contribution in [-0.2, 0) is 6.54 Å². The van der Waals surface area contributed by atoms with Gasteiger partial charge in [0.1, 0.15) is 6.04 Å². The summed E-state index contributed by atoms with van der Waals surface area (Å²) in [6.45, 7) is 4.43. The number of carbonyl (C=O) groups excluding carboxylic acids is 1. The van der Waals surface area contributed by atoms with E-state index in [1.807, 2.05) is 38.1 Å². The Balaban J connectivity index is 0.00000280. The lowest BCUT2D eigenvalue weighted by Crippen LogP contribution is -2.32. The van der Waals surface area contributed by atoms with Gasteiger partial charge in [-0.3, -0.25) is 4.79 Å². The van der Waals surface area contributed by atoms with Crippen LogP contribution >= 0.6 is 24.0 Å². The van der Waals surface area contributed by atoms with Crippen LogP contribution in [0.2, 0.25) is 5.02 Å². The highest BCUT2D eigenvalue weighted by Gasteiger charge is 2.25. The molecule has 0 radical (unpaired) electrons. The van der Waals surface area contributed by atoms with Crippen LogP contribution in [0.3, 0.4) is 0 Å². The monoisotopic (exact) mass is 420 g/mol. The highest BCUT2D eigenvalue weighted by Crippen LogP contribution is 2.24. The molecule has 2 aromatic carbocycles. The zero-order valence-corrected chi connectivity index (χ0v) is 17.1. The van der Waals surface area contributed by atoms with Crippen LogP contribution in [0.1, 0.15) is 41.7 Å². The molecule has 3 N–H and O–H groups in total. The van der Waals surface area contributed by atoms with Crippen molar-refractivity contribution in [1.82, 2.24) is 15.5 Å². The minimum atomic E-state index is -0.405. The van der Waals surface area contributed by atoms with Crippen molar-refractivity contribution in [3.05, 3.63) is 70.6 Å². The minimum Gasteiger partial charge on any atom is -0.340 e. The largest absolute Gasteiger partial charge is 0.340 e. The molecule has 0 aliphatic carbocycles. The average molecular weight is 421 g/mol. The van der Waals surface area contributed by atoms with Crippen LogP contribution in [0.4, 0.5) is 0 Å². The highest BCUT2D eigenvalue weighted by molar-refractivity contribution is 6.30. The van der Waals surface area contributed by atoms with E-state index in [0.29, 0.717) is 28.8 Å². The van der Waals surface area contributed by atoms with Crippen molar-refractivity contribution >= 4 is 29.9 Å². The van der Waals surface area contributed by atoms with E-state index in [1.165, 1.54) is 0 Å². The Morgan fingerprint density at radius 2 is 1.79 bits per heavy atom. The van der Waals surface area contributed by atoms with Gasteiger partial charge in [0.2, 0.25) is 11.7 Å². The Morgan fingerprint density at radius 1 is 1.14 bits per heavy atom. The van der Waals surface area contributed by atoms with Crippen molar-refractivity contribution in [1.29, 1.82) is 0 Å². The van der Waals surface area contributed by atoms with Gasteiger partial charge in [0.05, 0.1) is 0 Å². The number of amides is 1. The number of halogens is 2. The lowest BCUT2D eigenvalue weighted by atomic mass is 10.0. The van der Waals surface area contributed by atoms with E-state index in [1.54, 1.807) is 24.3 Å². The molecule has 1 heterocycles. The molecule has 1 unspecified atom stereocenters. The molecule has 0 saturated heterocycles. The van der Waals surface area contributed by atoms with Gasteiger partial charge in [-0.25, -0.2) is 0 Å². The fraction of sp³-hybridized carbons (Fsp3) is 0.250. The Labute approximate surface area is 174 Å². The van der Waals surface area contributed by atoms with E-state index < -0.39 is 6.04 Å². The Bertz CT molecular complexity index is 909. The number of nitrogens with zero attached hydrogens (tertiary/aromatic N) is 2. The normalized spacial score (nSPS) is 11.8. The predicted molar refractivity (Wildman–Crippen MR) is 111 cm³/mol. The maximum atomic E-state index is 12.5. The van der Waals surface area contributed by atoms with E-state index in [4.69, 9.17) is 21.9 Å². The van der Waals surface area contributed by atoms with Crippen molar-refractivity contribution in [3.8, 4) is 11.4 Å². The molecule has 0 aliphatic rings. The first kappa shape index (κ1) is 21.9.